The number of anilines is 2. The van der Waals surface area contributed by atoms with Crippen molar-refractivity contribution in [2.75, 3.05) is 24.2 Å². The molecule has 0 atom stereocenters. The van der Waals surface area contributed by atoms with Crippen LogP contribution in [0.4, 0.5) is 11.8 Å². The minimum Gasteiger partial charge on any atom is -0.754 e. The fourth-order valence-corrected chi connectivity index (χ4v) is 3.55. The Morgan fingerprint density at radius 3 is 1.83 bits per heavy atom. The number of nitrogens with zero attached hydrogens (tertiary/aromatic N) is 2. The molecule has 0 amide bonds. The van der Waals surface area contributed by atoms with Gasteiger partial charge in [-0.15, -0.1) is 0 Å². The fourth-order valence-electron chi connectivity index (χ4n) is 3.55. The van der Waals surface area contributed by atoms with Gasteiger partial charge in [-0.05, 0) is 13.3 Å². The highest BCUT2D eigenvalue weighted by Gasteiger charge is 2.10. The van der Waals surface area contributed by atoms with E-state index in [1.807, 2.05) is 6.92 Å². The second kappa shape index (κ2) is 17.2. The maximum Gasteiger partial charge on any atom is 0.347 e. The van der Waals surface area contributed by atoms with Gasteiger partial charge in [-0.2, -0.15) is 0 Å². The van der Waals surface area contributed by atoms with Crippen LogP contribution in [0.5, 0.6) is 5.88 Å². The van der Waals surface area contributed by atoms with Crippen molar-refractivity contribution in [1.29, 1.82) is 0 Å². The topological polar surface area (TPSA) is 87.1 Å². The average Bonchev–Trinajstić information content (AvgIpc) is 2.71. The van der Waals surface area contributed by atoms with E-state index in [2.05, 4.69) is 17.2 Å². The number of nitrogens with two attached hydrogens (primary N) is 1. The summed E-state index contributed by atoms with van der Waals surface area (Å²) in [4.78, 5) is 3.91. The van der Waals surface area contributed by atoms with E-state index in [0.29, 0.717) is 23.0 Å². The van der Waals surface area contributed by atoms with Gasteiger partial charge in [-0.25, -0.2) is 4.73 Å². The maximum atomic E-state index is 11.9. The summed E-state index contributed by atoms with van der Waals surface area (Å²) in [5, 5.41) is 15.1. The van der Waals surface area contributed by atoms with Gasteiger partial charge in [0.15, 0.2) is 0 Å². The van der Waals surface area contributed by atoms with Crippen molar-refractivity contribution in [3.63, 3.8) is 0 Å². The van der Waals surface area contributed by atoms with Gasteiger partial charge in [0, 0.05) is 6.54 Å². The Bertz CT molecular complexity index is 526. The third-order valence-corrected chi connectivity index (χ3v) is 5.29. The molecule has 29 heavy (non-hydrogen) atoms. The van der Waals surface area contributed by atoms with Crippen LogP contribution in [0.1, 0.15) is 110 Å². The standard InChI is InChI=1S/C23H44N4O2/c1-3-5-6-7-8-9-10-11-12-13-14-15-16-17-18-19-25-21-20-22(29-4-2)26-23(24)27(21)28/h20,25H,3-19H2,1-2H3,(H2,24,26). The molecule has 0 spiro atoms. The van der Waals surface area contributed by atoms with Crippen LogP contribution < -0.4 is 20.5 Å². The minimum atomic E-state index is -0.0880. The molecule has 1 heterocycles. The number of rotatable bonds is 19. The van der Waals surface area contributed by atoms with E-state index >= 15 is 0 Å². The fraction of sp³-hybridized carbons (Fsp3) is 0.826. The minimum absolute atomic E-state index is 0.0880. The van der Waals surface area contributed by atoms with Gasteiger partial charge in [0.2, 0.25) is 5.82 Å². The molecule has 0 unspecified atom stereocenters. The number of unbranched alkanes of at least 4 members (excludes halogenated alkanes) is 14. The van der Waals surface area contributed by atoms with Gasteiger partial charge in [0.05, 0.1) is 12.7 Å². The molecule has 0 aromatic carbocycles. The van der Waals surface area contributed by atoms with Crippen LogP contribution >= 0.6 is 0 Å². The number of hydrogen-bond donors (Lipinski definition) is 2. The summed E-state index contributed by atoms with van der Waals surface area (Å²) >= 11 is 0. The number of nitrogen functional groups attached to an aromatic ring is 1. The summed E-state index contributed by atoms with van der Waals surface area (Å²) in [6.45, 7) is 5.40. The van der Waals surface area contributed by atoms with Crippen molar-refractivity contribution in [3.8, 4) is 5.88 Å². The molecular formula is C23H44N4O2. The maximum absolute atomic E-state index is 11.9. The molecule has 1 aromatic rings. The SMILES string of the molecule is CCCCCCCCCCCCCCCCCNc1cc(OCC)nc(N)[n+]1[O-]. The molecule has 1 aromatic heterocycles. The molecule has 0 saturated heterocycles. The lowest BCUT2D eigenvalue weighted by atomic mass is 10.0. The zero-order chi connectivity index (χ0) is 21.2. The summed E-state index contributed by atoms with van der Waals surface area (Å²) in [6, 6.07) is 1.61. The lowest BCUT2D eigenvalue weighted by molar-refractivity contribution is -0.577. The summed E-state index contributed by atoms with van der Waals surface area (Å²) in [7, 11) is 0. The Hall–Kier alpha value is -1.72. The van der Waals surface area contributed by atoms with Gasteiger partial charge >= 0.3 is 5.95 Å². The molecule has 6 heteroatoms. The third kappa shape index (κ3) is 12.4. The molecule has 168 valence electrons. The summed E-state index contributed by atoms with van der Waals surface area (Å²) in [5.41, 5.74) is 5.63. The van der Waals surface area contributed by atoms with Crippen LogP contribution in [0.3, 0.4) is 0 Å². The largest absolute Gasteiger partial charge is 0.754 e. The molecule has 0 fully saturated rings. The smallest absolute Gasteiger partial charge is 0.347 e. The Balaban J connectivity index is 1.94. The van der Waals surface area contributed by atoms with Crippen molar-refractivity contribution in [2.45, 2.75) is 110 Å². The Morgan fingerprint density at radius 2 is 1.34 bits per heavy atom. The quantitative estimate of drug-likeness (QED) is 0.167. The number of hydrogen-bond acceptors (Lipinski definition) is 5. The van der Waals surface area contributed by atoms with E-state index in [4.69, 9.17) is 10.5 Å². The molecule has 0 radical (unpaired) electrons. The first-order valence-corrected chi connectivity index (χ1v) is 12.0. The molecule has 0 saturated carbocycles. The lowest BCUT2D eigenvalue weighted by Gasteiger charge is -2.14. The second-order valence-electron chi connectivity index (χ2n) is 7.94. The normalized spacial score (nSPS) is 11.0. The number of aromatic nitrogens is 2. The molecule has 0 bridgehead atoms. The van der Waals surface area contributed by atoms with E-state index < -0.39 is 0 Å². The van der Waals surface area contributed by atoms with Gasteiger partial charge < -0.3 is 21.0 Å². The molecular weight excluding hydrogens is 364 g/mol. The van der Waals surface area contributed by atoms with Gasteiger partial charge in [-0.1, -0.05) is 102 Å². The highest BCUT2D eigenvalue weighted by molar-refractivity contribution is 5.36. The van der Waals surface area contributed by atoms with Crippen LogP contribution in [-0.4, -0.2) is 18.1 Å². The van der Waals surface area contributed by atoms with Gasteiger partial charge in [0.25, 0.3) is 5.88 Å². The molecule has 0 aliphatic carbocycles. The van der Waals surface area contributed by atoms with E-state index in [9.17, 15) is 5.21 Å². The summed E-state index contributed by atoms with van der Waals surface area (Å²) in [6.07, 6.45) is 20.2. The first kappa shape index (κ1) is 25.3. The third-order valence-electron chi connectivity index (χ3n) is 5.29. The average molecular weight is 409 g/mol. The highest BCUT2D eigenvalue weighted by atomic mass is 16.5. The lowest BCUT2D eigenvalue weighted by Crippen LogP contribution is -2.36. The first-order valence-electron chi connectivity index (χ1n) is 12.0. The molecule has 0 aliphatic rings. The van der Waals surface area contributed by atoms with Crippen LogP contribution in [0, 0.1) is 5.21 Å². The molecule has 0 aliphatic heterocycles. The van der Waals surface area contributed by atoms with E-state index in [-0.39, 0.29) is 5.95 Å². The zero-order valence-corrected chi connectivity index (χ0v) is 18.9. The predicted octanol–water partition coefficient (Wildman–Crippen LogP) is 5.98. The monoisotopic (exact) mass is 408 g/mol. The second-order valence-corrected chi connectivity index (χ2v) is 7.94. The van der Waals surface area contributed by atoms with Crippen LogP contribution in [-0.2, 0) is 0 Å². The van der Waals surface area contributed by atoms with Crippen molar-refractivity contribution < 1.29 is 9.47 Å². The molecule has 3 N–H and O–H groups in total. The summed E-state index contributed by atoms with van der Waals surface area (Å²) < 4.78 is 5.95. The van der Waals surface area contributed by atoms with Crippen molar-refractivity contribution >= 4 is 11.8 Å². The first-order chi connectivity index (χ1) is 14.2. The van der Waals surface area contributed by atoms with Crippen LogP contribution in [0.25, 0.3) is 0 Å². The van der Waals surface area contributed by atoms with Crippen molar-refractivity contribution in [2.24, 2.45) is 0 Å². The van der Waals surface area contributed by atoms with E-state index in [0.717, 1.165) is 13.0 Å². The van der Waals surface area contributed by atoms with E-state index in [1.165, 1.54) is 89.9 Å². The van der Waals surface area contributed by atoms with Gasteiger partial charge in [-0.3, -0.25) is 0 Å². The van der Waals surface area contributed by atoms with Crippen LogP contribution in [0.15, 0.2) is 6.07 Å². The number of ether oxygens (including phenoxy) is 1. The van der Waals surface area contributed by atoms with Crippen LogP contribution in [0.2, 0.25) is 0 Å². The van der Waals surface area contributed by atoms with Gasteiger partial charge in [0.1, 0.15) is 0 Å². The summed E-state index contributed by atoms with van der Waals surface area (Å²) in [5.74, 6) is 0.706. The highest BCUT2D eigenvalue weighted by Crippen LogP contribution is 2.15. The van der Waals surface area contributed by atoms with E-state index in [1.54, 1.807) is 6.07 Å². The number of nitrogens with one attached hydrogen (secondary N) is 1. The predicted molar refractivity (Wildman–Crippen MR) is 122 cm³/mol. The Morgan fingerprint density at radius 1 is 0.862 bits per heavy atom. The Labute approximate surface area is 178 Å². The molecule has 1 rings (SSSR count). The van der Waals surface area contributed by atoms with Crippen molar-refractivity contribution in [3.05, 3.63) is 11.3 Å². The molecule has 6 nitrogen and oxygen atoms in total. The zero-order valence-electron chi connectivity index (χ0n) is 18.9. The van der Waals surface area contributed by atoms with Crippen molar-refractivity contribution in [1.82, 2.24) is 4.98 Å². The Kier molecular flexibility index (Phi) is 15.0.